The minimum absolute atomic E-state index is 0.0849. The first-order valence-electron chi connectivity index (χ1n) is 5.80. The van der Waals surface area contributed by atoms with E-state index in [2.05, 4.69) is 33.1 Å². The van der Waals surface area contributed by atoms with E-state index in [1.54, 1.807) is 0 Å². The number of carbonyl (C=O) groups excluding carboxylic acids is 1. The predicted octanol–water partition coefficient (Wildman–Crippen LogP) is 1.76. The minimum Gasteiger partial charge on any atom is -0.355 e. The van der Waals surface area contributed by atoms with Crippen molar-refractivity contribution < 1.29 is 4.79 Å². The quantitative estimate of drug-likeness (QED) is 0.613. The van der Waals surface area contributed by atoms with Crippen LogP contribution in [0.4, 0.5) is 0 Å². The van der Waals surface area contributed by atoms with Crippen molar-refractivity contribution in [3.8, 4) is 0 Å². The maximum absolute atomic E-state index is 11.0. The third kappa shape index (κ3) is 4.98. The second-order valence-electron chi connectivity index (χ2n) is 4.22. The molecule has 1 rings (SSSR count). The van der Waals surface area contributed by atoms with E-state index in [9.17, 15) is 4.79 Å². The van der Waals surface area contributed by atoms with Crippen LogP contribution in [0, 0.1) is 0 Å². The molecule has 1 fully saturated rings. The lowest BCUT2D eigenvalue weighted by Crippen LogP contribution is -2.39. The van der Waals surface area contributed by atoms with E-state index < -0.39 is 0 Å². The summed E-state index contributed by atoms with van der Waals surface area (Å²) in [6, 6.07) is 0.727. The molecule has 0 aliphatic carbocycles. The fourth-order valence-corrected chi connectivity index (χ4v) is 2.25. The largest absolute Gasteiger partial charge is 0.355 e. The Morgan fingerprint density at radius 3 is 3.00 bits per heavy atom. The summed E-state index contributed by atoms with van der Waals surface area (Å²) in [6.07, 6.45) is 5.09. The average molecular weight is 277 g/mol. The molecule has 1 saturated heterocycles. The van der Waals surface area contributed by atoms with Gasteiger partial charge in [-0.3, -0.25) is 4.79 Å². The van der Waals surface area contributed by atoms with Gasteiger partial charge >= 0.3 is 0 Å². The molecule has 1 aliphatic rings. The van der Waals surface area contributed by atoms with Crippen LogP contribution in [-0.2, 0) is 4.79 Å². The second kappa shape index (κ2) is 7.23. The summed E-state index contributed by atoms with van der Waals surface area (Å²) in [6.45, 7) is 5.45. The molecule has 15 heavy (non-hydrogen) atoms. The molecule has 1 unspecified atom stereocenters. The number of nitrogens with zero attached hydrogens (tertiary/aromatic N) is 1. The van der Waals surface area contributed by atoms with Gasteiger partial charge in [0, 0.05) is 19.1 Å². The molecule has 0 aromatic heterocycles. The van der Waals surface area contributed by atoms with Crippen LogP contribution in [0.2, 0.25) is 0 Å². The van der Waals surface area contributed by atoms with Crippen molar-refractivity contribution in [2.75, 3.05) is 25.0 Å². The van der Waals surface area contributed by atoms with Crippen LogP contribution >= 0.6 is 15.9 Å². The van der Waals surface area contributed by atoms with Crippen LogP contribution < -0.4 is 5.32 Å². The lowest BCUT2D eigenvalue weighted by atomic mass is 10.0. The number of carbonyl (C=O) groups is 1. The molecule has 0 aromatic carbocycles. The summed E-state index contributed by atoms with van der Waals surface area (Å²) >= 11 is 3.13. The summed E-state index contributed by atoms with van der Waals surface area (Å²) < 4.78 is 0. The van der Waals surface area contributed by atoms with E-state index in [0.717, 1.165) is 25.6 Å². The number of halogens is 1. The molecular formula is C11H21BrN2O. The van der Waals surface area contributed by atoms with Crippen LogP contribution in [0.25, 0.3) is 0 Å². The van der Waals surface area contributed by atoms with E-state index in [-0.39, 0.29) is 5.91 Å². The average Bonchev–Trinajstić information content (AvgIpc) is 2.26. The van der Waals surface area contributed by atoms with E-state index >= 15 is 0 Å². The molecule has 0 saturated carbocycles. The Kier molecular flexibility index (Phi) is 6.25. The van der Waals surface area contributed by atoms with Crippen molar-refractivity contribution in [2.24, 2.45) is 0 Å². The molecule has 0 bridgehead atoms. The zero-order chi connectivity index (χ0) is 11.1. The van der Waals surface area contributed by atoms with Gasteiger partial charge < -0.3 is 10.2 Å². The van der Waals surface area contributed by atoms with Gasteiger partial charge in [0.15, 0.2) is 0 Å². The van der Waals surface area contributed by atoms with Crippen molar-refractivity contribution in [2.45, 2.75) is 38.6 Å². The van der Waals surface area contributed by atoms with Crippen LogP contribution in [-0.4, -0.2) is 41.8 Å². The molecule has 3 nitrogen and oxygen atoms in total. The van der Waals surface area contributed by atoms with Gasteiger partial charge in [-0.1, -0.05) is 22.4 Å². The first-order valence-corrected chi connectivity index (χ1v) is 6.93. The Morgan fingerprint density at radius 1 is 1.53 bits per heavy atom. The molecule has 1 amide bonds. The molecule has 1 heterocycles. The number of likely N-dealkylation sites (tertiary alicyclic amines) is 1. The first-order chi connectivity index (χ1) is 7.24. The summed E-state index contributed by atoms with van der Waals surface area (Å²) in [5.41, 5.74) is 0. The highest BCUT2D eigenvalue weighted by Gasteiger charge is 2.16. The fraction of sp³-hybridized carbons (Fsp3) is 0.909. The maximum Gasteiger partial charge on any atom is 0.230 e. The van der Waals surface area contributed by atoms with Crippen LogP contribution in [0.3, 0.4) is 0 Å². The van der Waals surface area contributed by atoms with Crippen LogP contribution in [0.5, 0.6) is 0 Å². The second-order valence-corrected chi connectivity index (χ2v) is 4.78. The van der Waals surface area contributed by atoms with Gasteiger partial charge in [0.2, 0.25) is 5.91 Å². The summed E-state index contributed by atoms with van der Waals surface area (Å²) in [4.78, 5) is 13.5. The fourth-order valence-electron chi connectivity index (χ4n) is 2.05. The predicted molar refractivity (Wildman–Crippen MR) is 66.3 cm³/mol. The zero-order valence-electron chi connectivity index (χ0n) is 9.47. The zero-order valence-corrected chi connectivity index (χ0v) is 11.1. The van der Waals surface area contributed by atoms with Gasteiger partial charge in [-0.05, 0) is 32.7 Å². The highest BCUT2D eigenvalue weighted by molar-refractivity contribution is 9.09. The molecule has 4 heteroatoms. The molecular weight excluding hydrogens is 256 g/mol. The van der Waals surface area contributed by atoms with Gasteiger partial charge in [-0.15, -0.1) is 0 Å². The number of hydrogen-bond acceptors (Lipinski definition) is 2. The van der Waals surface area contributed by atoms with Crippen molar-refractivity contribution >= 4 is 21.8 Å². The molecule has 0 aromatic rings. The highest BCUT2D eigenvalue weighted by atomic mass is 79.9. The maximum atomic E-state index is 11.0. The van der Waals surface area contributed by atoms with Crippen LogP contribution in [0.1, 0.15) is 32.6 Å². The Bertz CT molecular complexity index is 199. The Labute approximate surface area is 101 Å². The molecule has 0 spiro atoms. The number of amides is 1. The number of nitrogens with one attached hydrogen (secondary N) is 1. The lowest BCUT2D eigenvalue weighted by molar-refractivity contribution is -0.118. The number of alkyl halides is 1. The van der Waals surface area contributed by atoms with Crippen molar-refractivity contribution in [3.63, 3.8) is 0 Å². The Hall–Kier alpha value is -0.0900. The van der Waals surface area contributed by atoms with Gasteiger partial charge in [0.1, 0.15) is 0 Å². The molecule has 1 aliphatic heterocycles. The molecule has 0 radical (unpaired) electrons. The summed E-state index contributed by atoms with van der Waals surface area (Å²) in [5, 5.41) is 3.28. The van der Waals surface area contributed by atoms with E-state index in [0.29, 0.717) is 5.33 Å². The van der Waals surface area contributed by atoms with Crippen molar-refractivity contribution in [1.82, 2.24) is 10.2 Å². The highest BCUT2D eigenvalue weighted by Crippen LogP contribution is 2.15. The Morgan fingerprint density at radius 2 is 2.33 bits per heavy atom. The SMILES string of the molecule is CC1CCCCN1CCCNC(=O)CBr. The van der Waals surface area contributed by atoms with Crippen molar-refractivity contribution in [3.05, 3.63) is 0 Å². The summed E-state index contributed by atoms with van der Waals surface area (Å²) in [7, 11) is 0. The lowest BCUT2D eigenvalue weighted by Gasteiger charge is -2.33. The first kappa shape index (κ1) is 13.0. The van der Waals surface area contributed by atoms with E-state index in [1.165, 1.54) is 25.8 Å². The van der Waals surface area contributed by atoms with Gasteiger partial charge in [0.25, 0.3) is 0 Å². The molecule has 88 valence electrons. The Balaban J connectivity index is 2.06. The third-order valence-corrected chi connectivity index (χ3v) is 3.52. The van der Waals surface area contributed by atoms with Crippen molar-refractivity contribution in [1.29, 1.82) is 0 Å². The smallest absolute Gasteiger partial charge is 0.230 e. The number of piperidine rings is 1. The number of rotatable bonds is 5. The monoisotopic (exact) mass is 276 g/mol. The van der Waals surface area contributed by atoms with E-state index in [4.69, 9.17) is 0 Å². The minimum atomic E-state index is 0.0849. The molecule has 1 N–H and O–H groups in total. The normalized spacial score (nSPS) is 22.7. The third-order valence-electron chi connectivity index (χ3n) is 3.01. The number of hydrogen-bond donors (Lipinski definition) is 1. The molecule has 1 atom stereocenters. The van der Waals surface area contributed by atoms with Gasteiger partial charge in [-0.2, -0.15) is 0 Å². The van der Waals surface area contributed by atoms with Gasteiger partial charge in [0.05, 0.1) is 5.33 Å². The summed E-state index contributed by atoms with van der Waals surface area (Å²) in [5.74, 6) is 0.0849. The topological polar surface area (TPSA) is 32.3 Å². The van der Waals surface area contributed by atoms with Gasteiger partial charge in [-0.25, -0.2) is 0 Å². The van der Waals surface area contributed by atoms with Crippen LogP contribution in [0.15, 0.2) is 0 Å². The standard InChI is InChI=1S/C11H21BrN2O/c1-10-5-2-3-7-14(10)8-4-6-13-11(15)9-12/h10H,2-9H2,1H3,(H,13,15). The van der Waals surface area contributed by atoms with E-state index in [1.807, 2.05) is 0 Å².